The summed E-state index contributed by atoms with van der Waals surface area (Å²) >= 11 is 0. The van der Waals surface area contributed by atoms with Gasteiger partial charge in [0.15, 0.2) is 11.5 Å². The number of carboxylic acids is 1. The molecular formula is C32H40F3N9O4. The Kier molecular flexibility index (Phi) is 10.1. The molecule has 2 N–H and O–H groups in total. The van der Waals surface area contributed by atoms with Gasteiger partial charge in [0.1, 0.15) is 22.6 Å². The smallest absolute Gasteiger partial charge is 0.421 e. The van der Waals surface area contributed by atoms with E-state index in [4.69, 9.17) is 19.6 Å². The fourth-order valence-corrected chi connectivity index (χ4v) is 6.05. The number of pyridine rings is 2. The summed E-state index contributed by atoms with van der Waals surface area (Å²) in [6, 6.07) is 2.73. The van der Waals surface area contributed by atoms with E-state index in [1.54, 1.807) is 32.5 Å². The number of hydrogen-bond donors (Lipinski definition) is 2. The van der Waals surface area contributed by atoms with E-state index in [0.29, 0.717) is 61.3 Å². The van der Waals surface area contributed by atoms with E-state index < -0.39 is 23.6 Å². The number of ether oxygens (including phenoxy) is 2. The molecule has 0 bridgehead atoms. The third kappa shape index (κ3) is 7.76. The number of anilines is 2. The number of nitrogens with zero attached hydrogens (tertiary/aromatic N) is 8. The van der Waals surface area contributed by atoms with Crippen molar-refractivity contribution in [1.82, 2.24) is 34.8 Å². The number of methoxy groups -OCH3 is 1. The lowest BCUT2D eigenvalue weighted by Gasteiger charge is -2.39. The van der Waals surface area contributed by atoms with Crippen molar-refractivity contribution in [2.45, 2.75) is 39.9 Å². The van der Waals surface area contributed by atoms with Crippen molar-refractivity contribution < 1.29 is 32.5 Å². The van der Waals surface area contributed by atoms with Crippen LogP contribution < -0.4 is 14.5 Å². The molecule has 1 aliphatic heterocycles. The number of aromatic nitrogens is 6. The molecule has 1 aliphatic rings. The Labute approximate surface area is 276 Å². The monoisotopic (exact) mass is 671 g/mol. The standard InChI is InChI=1S/C32H40F3N9O4/c1-7-48-30-21(32(33,34)35)10-20(12-38-30)22-11-24(42(5)17-31(3,4)18-47-6)27-29(39-22)41-28(40-27)23-13-37-25(14-36-23)44-9-8-43(15-19(44)2)16-26(45)46/h10-14,19H,7-9,15-18H2,1-6H3,(H,45,46)(H,39,40,41)/t19-/m1/s1. The second-order valence-electron chi connectivity index (χ2n) is 12.7. The van der Waals surface area contributed by atoms with Gasteiger partial charge in [0, 0.05) is 63.6 Å². The van der Waals surface area contributed by atoms with Crippen LogP contribution in [0.15, 0.2) is 30.7 Å². The van der Waals surface area contributed by atoms with Gasteiger partial charge in [0.05, 0.1) is 43.5 Å². The number of carboxylic acid groups (broad SMARTS) is 1. The van der Waals surface area contributed by atoms with E-state index in [-0.39, 0.29) is 41.5 Å². The lowest BCUT2D eigenvalue weighted by molar-refractivity contribution is -0.139. The van der Waals surface area contributed by atoms with Gasteiger partial charge >= 0.3 is 12.1 Å². The first-order chi connectivity index (χ1) is 22.7. The van der Waals surface area contributed by atoms with E-state index in [1.807, 2.05) is 23.8 Å². The molecule has 1 atom stereocenters. The molecule has 16 heteroatoms. The van der Waals surface area contributed by atoms with Crippen molar-refractivity contribution in [3.8, 4) is 28.7 Å². The quantitative estimate of drug-likeness (QED) is 0.217. The highest BCUT2D eigenvalue weighted by atomic mass is 19.4. The van der Waals surface area contributed by atoms with Crippen molar-refractivity contribution >= 4 is 28.6 Å². The summed E-state index contributed by atoms with van der Waals surface area (Å²) in [5.41, 5.74) is 1.14. The average Bonchev–Trinajstić information content (AvgIpc) is 3.44. The molecule has 4 aromatic heterocycles. The minimum atomic E-state index is -4.68. The van der Waals surface area contributed by atoms with Gasteiger partial charge in [0.2, 0.25) is 5.88 Å². The normalized spacial score (nSPS) is 16.0. The molecule has 5 heterocycles. The molecule has 13 nitrogen and oxygen atoms in total. The number of hydrogen-bond acceptors (Lipinski definition) is 11. The molecule has 0 radical (unpaired) electrons. The number of aromatic amines is 1. The van der Waals surface area contributed by atoms with Crippen LogP contribution in [0.5, 0.6) is 5.88 Å². The van der Waals surface area contributed by atoms with Crippen molar-refractivity contribution in [2.24, 2.45) is 5.41 Å². The Morgan fingerprint density at radius 3 is 2.50 bits per heavy atom. The van der Waals surface area contributed by atoms with Crippen LogP contribution in [0, 0.1) is 5.41 Å². The summed E-state index contributed by atoms with van der Waals surface area (Å²) in [4.78, 5) is 43.0. The first-order valence-electron chi connectivity index (χ1n) is 15.5. The number of carbonyl (C=O) groups is 1. The molecular weight excluding hydrogens is 631 g/mol. The third-order valence-corrected chi connectivity index (χ3v) is 8.03. The van der Waals surface area contributed by atoms with Crippen LogP contribution in [0.4, 0.5) is 24.7 Å². The molecule has 1 fully saturated rings. The van der Waals surface area contributed by atoms with Crippen LogP contribution in [0.3, 0.4) is 0 Å². The molecule has 0 aliphatic carbocycles. The molecule has 0 unspecified atom stereocenters. The number of aliphatic carboxylic acids is 1. The second kappa shape index (κ2) is 13.9. The van der Waals surface area contributed by atoms with Crippen molar-refractivity contribution in [3.63, 3.8) is 0 Å². The van der Waals surface area contributed by atoms with E-state index in [2.05, 4.69) is 43.7 Å². The van der Waals surface area contributed by atoms with Crippen LogP contribution >= 0.6 is 0 Å². The lowest BCUT2D eigenvalue weighted by Crippen LogP contribution is -2.53. The molecule has 0 saturated carbocycles. The Balaban J connectivity index is 1.52. The van der Waals surface area contributed by atoms with Crippen LogP contribution in [0.1, 0.15) is 33.3 Å². The average molecular weight is 672 g/mol. The maximum atomic E-state index is 14.0. The highest BCUT2D eigenvalue weighted by Gasteiger charge is 2.36. The maximum Gasteiger partial charge on any atom is 0.421 e. The van der Waals surface area contributed by atoms with Gasteiger partial charge < -0.3 is 29.4 Å². The van der Waals surface area contributed by atoms with E-state index >= 15 is 0 Å². The Hall–Kier alpha value is -4.57. The molecule has 258 valence electrons. The lowest BCUT2D eigenvalue weighted by atomic mass is 9.94. The summed E-state index contributed by atoms with van der Waals surface area (Å²) in [5.74, 6) is -0.307. The van der Waals surface area contributed by atoms with Crippen LogP contribution in [-0.2, 0) is 15.7 Å². The van der Waals surface area contributed by atoms with Gasteiger partial charge in [-0.2, -0.15) is 13.2 Å². The van der Waals surface area contributed by atoms with E-state index in [0.717, 1.165) is 6.07 Å². The van der Waals surface area contributed by atoms with E-state index in [1.165, 1.54) is 6.20 Å². The number of fused-ring (bicyclic) bond motifs is 1. The number of alkyl halides is 3. The van der Waals surface area contributed by atoms with Crippen LogP contribution in [0.25, 0.3) is 33.9 Å². The summed E-state index contributed by atoms with van der Waals surface area (Å²) in [6.45, 7) is 10.6. The first kappa shape index (κ1) is 34.8. The predicted octanol–water partition coefficient (Wildman–Crippen LogP) is 4.60. The van der Waals surface area contributed by atoms with Gasteiger partial charge in [-0.1, -0.05) is 13.8 Å². The zero-order valence-corrected chi connectivity index (χ0v) is 27.8. The molecule has 0 spiro atoms. The van der Waals surface area contributed by atoms with Crippen molar-refractivity contribution in [1.29, 1.82) is 0 Å². The highest BCUT2D eigenvalue weighted by Crippen LogP contribution is 2.39. The van der Waals surface area contributed by atoms with Crippen LogP contribution in [-0.4, -0.2) is 112 Å². The van der Waals surface area contributed by atoms with Crippen molar-refractivity contribution in [3.05, 3.63) is 36.3 Å². The van der Waals surface area contributed by atoms with Gasteiger partial charge in [-0.05, 0) is 26.0 Å². The summed E-state index contributed by atoms with van der Waals surface area (Å²) in [5, 5.41) is 9.14. The highest BCUT2D eigenvalue weighted by molar-refractivity contribution is 5.91. The first-order valence-corrected chi connectivity index (χ1v) is 15.5. The van der Waals surface area contributed by atoms with Gasteiger partial charge in [-0.25, -0.2) is 24.9 Å². The fraction of sp³-hybridized carbons (Fsp3) is 0.500. The number of rotatable bonds is 12. The molecule has 5 rings (SSSR count). The Morgan fingerprint density at radius 2 is 1.88 bits per heavy atom. The van der Waals surface area contributed by atoms with Gasteiger partial charge in [-0.3, -0.25) is 9.69 Å². The zero-order valence-electron chi connectivity index (χ0n) is 27.8. The minimum Gasteiger partial charge on any atom is -0.480 e. The Bertz CT molecular complexity index is 1750. The third-order valence-electron chi connectivity index (χ3n) is 8.03. The largest absolute Gasteiger partial charge is 0.480 e. The van der Waals surface area contributed by atoms with Crippen molar-refractivity contribution in [2.75, 3.05) is 69.9 Å². The summed E-state index contributed by atoms with van der Waals surface area (Å²) < 4.78 is 52.5. The molecule has 4 aromatic rings. The van der Waals surface area contributed by atoms with Gasteiger partial charge in [-0.15, -0.1) is 0 Å². The SMILES string of the molecule is CCOc1ncc(-c2cc(N(C)CC(C)(C)COC)c3[nH]c(-c4cnc(N5CCN(CC(=O)O)C[C@H]5C)cn4)nc3n2)cc1C(F)(F)F. The predicted molar refractivity (Wildman–Crippen MR) is 174 cm³/mol. The minimum absolute atomic E-state index is 0.00968. The molecule has 0 aromatic carbocycles. The topological polar surface area (TPSA) is 146 Å². The number of imidazole rings is 1. The second-order valence-corrected chi connectivity index (χ2v) is 12.7. The number of H-pyrrole nitrogens is 1. The molecule has 48 heavy (non-hydrogen) atoms. The van der Waals surface area contributed by atoms with Crippen LogP contribution in [0.2, 0.25) is 0 Å². The number of nitrogens with one attached hydrogen (secondary N) is 1. The maximum absolute atomic E-state index is 14.0. The Morgan fingerprint density at radius 1 is 1.10 bits per heavy atom. The zero-order chi connectivity index (χ0) is 34.8. The number of halogens is 3. The number of piperazine rings is 1. The molecule has 1 saturated heterocycles. The molecule has 0 amide bonds. The fourth-order valence-electron chi connectivity index (χ4n) is 6.05. The summed E-state index contributed by atoms with van der Waals surface area (Å²) in [7, 11) is 3.52. The van der Waals surface area contributed by atoms with E-state index in [9.17, 15) is 18.0 Å². The van der Waals surface area contributed by atoms with Gasteiger partial charge in [0.25, 0.3) is 0 Å². The summed E-state index contributed by atoms with van der Waals surface area (Å²) in [6.07, 6.45) is -0.125.